The first-order valence-corrected chi connectivity index (χ1v) is 3.23. The van der Waals surface area contributed by atoms with E-state index in [-0.39, 0.29) is 6.42 Å². The van der Waals surface area contributed by atoms with Gasteiger partial charge in [-0.1, -0.05) is 0 Å². The molecule has 0 aromatic heterocycles. The fraction of sp³-hybridized carbons (Fsp3) is 0.375. The van der Waals surface area contributed by atoms with Gasteiger partial charge in [0.15, 0.2) is 0 Å². The van der Waals surface area contributed by atoms with Crippen LogP contribution in [0.3, 0.4) is 0 Å². The summed E-state index contributed by atoms with van der Waals surface area (Å²) in [5.74, 6) is -1.13. The number of ether oxygens (including phenoxy) is 1. The molecular formula is C8H10O3. The predicted octanol–water partition coefficient (Wildman–Crippen LogP) is 1.20. The van der Waals surface area contributed by atoms with E-state index in [1.807, 2.05) is 0 Å². The maximum atomic E-state index is 10.6. The van der Waals surface area contributed by atoms with Crippen molar-refractivity contribution in [3.8, 4) is 0 Å². The summed E-state index contributed by atoms with van der Waals surface area (Å²) in [6.07, 6.45) is 3.26. The molecule has 0 aliphatic carbocycles. The quantitative estimate of drug-likeness (QED) is 0.341. The largest absolute Gasteiger partial charge is 0.393 e. The van der Waals surface area contributed by atoms with E-state index in [4.69, 9.17) is 0 Å². The van der Waals surface area contributed by atoms with Gasteiger partial charge in [0, 0.05) is 6.92 Å². The third-order valence-corrected chi connectivity index (χ3v) is 0.811. The lowest BCUT2D eigenvalue weighted by Gasteiger charge is -1.92. The number of hydrogen-bond donors (Lipinski definition) is 0. The smallest absolute Gasteiger partial charge is 0.317 e. The molecule has 60 valence electrons. The van der Waals surface area contributed by atoms with Crippen molar-refractivity contribution in [2.45, 2.75) is 20.3 Å². The van der Waals surface area contributed by atoms with Crippen LogP contribution in [0.2, 0.25) is 0 Å². The second-order valence-electron chi connectivity index (χ2n) is 1.83. The van der Waals surface area contributed by atoms with Crippen LogP contribution in [0.25, 0.3) is 0 Å². The summed E-state index contributed by atoms with van der Waals surface area (Å²) in [4.78, 5) is 20.8. The Hall–Kier alpha value is -1.34. The zero-order valence-corrected chi connectivity index (χ0v) is 6.59. The zero-order valence-electron chi connectivity index (χ0n) is 6.59. The molecule has 0 atom stereocenters. The number of hydrogen-bond acceptors (Lipinski definition) is 3. The lowest BCUT2D eigenvalue weighted by Crippen LogP contribution is -2.06. The molecule has 3 nitrogen and oxygen atoms in total. The van der Waals surface area contributed by atoms with Crippen molar-refractivity contribution in [3.63, 3.8) is 0 Å². The van der Waals surface area contributed by atoms with E-state index in [1.165, 1.54) is 13.0 Å². The highest BCUT2D eigenvalue weighted by molar-refractivity contribution is 5.84. The molecule has 0 radical (unpaired) electrons. The van der Waals surface area contributed by atoms with Gasteiger partial charge in [-0.15, -0.1) is 5.73 Å². The van der Waals surface area contributed by atoms with Gasteiger partial charge >= 0.3 is 11.9 Å². The Morgan fingerprint density at radius 3 is 2.64 bits per heavy atom. The molecule has 0 rings (SSSR count). The average molecular weight is 154 g/mol. The van der Waals surface area contributed by atoms with Crippen molar-refractivity contribution in [2.75, 3.05) is 0 Å². The lowest BCUT2D eigenvalue weighted by molar-refractivity contribution is -0.157. The van der Waals surface area contributed by atoms with Crippen LogP contribution < -0.4 is 0 Å². The molecule has 0 unspecified atom stereocenters. The van der Waals surface area contributed by atoms with Gasteiger partial charge in [0.1, 0.15) is 0 Å². The molecule has 0 amide bonds. The Bertz CT molecular complexity index is 209. The molecule has 0 N–H and O–H groups in total. The fourth-order valence-corrected chi connectivity index (χ4v) is 0.462. The van der Waals surface area contributed by atoms with E-state index in [2.05, 4.69) is 10.5 Å². The van der Waals surface area contributed by atoms with Crippen LogP contribution in [-0.4, -0.2) is 11.9 Å². The van der Waals surface area contributed by atoms with Crippen molar-refractivity contribution in [3.05, 3.63) is 17.9 Å². The molecule has 0 fully saturated rings. The normalized spacial score (nSPS) is 7.82. The van der Waals surface area contributed by atoms with Crippen LogP contribution in [0.15, 0.2) is 17.9 Å². The standard InChI is InChI=1S/C8H10O3/c1-3-4-5-6-8(10)11-7(2)9/h3,5H,6H2,1-2H3. The van der Waals surface area contributed by atoms with Crippen molar-refractivity contribution in [2.24, 2.45) is 0 Å². The molecule has 0 heterocycles. The number of carbonyl (C=O) groups is 2. The van der Waals surface area contributed by atoms with Gasteiger partial charge in [0.25, 0.3) is 0 Å². The van der Waals surface area contributed by atoms with Crippen molar-refractivity contribution in [1.29, 1.82) is 0 Å². The molecular weight excluding hydrogens is 144 g/mol. The van der Waals surface area contributed by atoms with Crippen LogP contribution in [0, 0.1) is 0 Å². The first-order chi connectivity index (χ1) is 5.16. The third-order valence-electron chi connectivity index (χ3n) is 0.811. The molecule has 11 heavy (non-hydrogen) atoms. The molecule has 0 saturated carbocycles. The SMILES string of the molecule is CC=C=CCC(=O)OC(C)=O. The van der Waals surface area contributed by atoms with E-state index < -0.39 is 11.9 Å². The average Bonchev–Trinajstić information content (AvgIpc) is 1.86. The minimum Gasteiger partial charge on any atom is -0.393 e. The van der Waals surface area contributed by atoms with E-state index in [0.717, 1.165) is 0 Å². The highest BCUT2D eigenvalue weighted by Gasteiger charge is 2.01. The third kappa shape index (κ3) is 6.55. The van der Waals surface area contributed by atoms with Crippen molar-refractivity contribution < 1.29 is 14.3 Å². The number of rotatable bonds is 2. The molecule has 0 bridgehead atoms. The van der Waals surface area contributed by atoms with Crippen LogP contribution in [0.5, 0.6) is 0 Å². The molecule has 0 aliphatic rings. The first-order valence-electron chi connectivity index (χ1n) is 3.23. The van der Waals surface area contributed by atoms with Gasteiger partial charge in [-0.05, 0) is 19.1 Å². The van der Waals surface area contributed by atoms with Crippen molar-refractivity contribution >= 4 is 11.9 Å². The molecule has 0 spiro atoms. The van der Waals surface area contributed by atoms with Gasteiger partial charge in [0.2, 0.25) is 0 Å². The summed E-state index contributed by atoms with van der Waals surface area (Å²) < 4.78 is 4.23. The molecule has 0 saturated heterocycles. The van der Waals surface area contributed by atoms with Crippen LogP contribution in [0.1, 0.15) is 20.3 Å². The predicted molar refractivity (Wildman–Crippen MR) is 39.7 cm³/mol. The Morgan fingerprint density at radius 1 is 1.55 bits per heavy atom. The highest BCUT2D eigenvalue weighted by Crippen LogP contribution is 1.87. The molecule has 0 aromatic rings. The van der Waals surface area contributed by atoms with Gasteiger partial charge in [0.05, 0.1) is 6.42 Å². The Kier molecular flexibility index (Phi) is 4.78. The zero-order chi connectivity index (χ0) is 8.69. The molecule has 0 aromatic carbocycles. The number of carbonyl (C=O) groups excluding carboxylic acids is 2. The Labute approximate surface area is 65.4 Å². The van der Waals surface area contributed by atoms with E-state index >= 15 is 0 Å². The Balaban J connectivity index is 3.71. The Morgan fingerprint density at radius 2 is 2.18 bits per heavy atom. The monoisotopic (exact) mass is 154 g/mol. The second kappa shape index (κ2) is 5.45. The van der Waals surface area contributed by atoms with E-state index in [9.17, 15) is 9.59 Å². The topological polar surface area (TPSA) is 43.4 Å². The summed E-state index contributed by atoms with van der Waals surface area (Å²) >= 11 is 0. The van der Waals surface area contributed by atoms with Gasteiger partial charge in [-0.3, -0.25) is 9.59 Å². The summed E-state index contributed by atoms with van der Waals surface area (Å²) in [6.45, 7) is 2.98. The summed E-state index contributed by atoms with van der Waals surface area (Å²) in [5, 5.41) is 0. The molecule has 0 aliphatic heterocycles. The van der Waals surface area contributed by atoms with Crippen molar-refractivity contribution in [1.82, 2.24) is 0 Å². The second-order valence-corrected chi connectivity index (χ2v) is 1.83. The van der Waals surface area contributed by atoms with Gasteiger partial charge in [-0.25, -0.2) is 0 Å². The fourth-order valence-electron chi connectivity index (χ4n) is 0.462. The summed E-state index contributed by atoms with van der Waals surface area (Å²) in [7, 11) is 0. The van der Waals surface area contributed by atoms with Crippen LogP contribution >= 0.6 is 0 Å². The minimum absolute atomic E-state index is 0.0872. The minimum atomic E-state index is -0.580. The maximum Gasteiger partial charge on any atom is 0.317 e. The van der Waals surface area contributed by atoms with Gasteiger partial charge < -0.3 is 4.74 Å². The van der Waals surface area contributed by atoms with Crippen LogP contribution in [0.4, 0.5) is 0 Å². The van der Waals surface area contributed by atoms with Crippen LogP contribution in [-0.2, 0) is 14.3 Å². The van der Waals surface area contributed by atoms with Gasteiger partial charge in [-0.2, -0.15) is 0 Å². The number of esters is 2. The maximum absolute atomic E-state index is 10.6. The first kappa shape index (κ1) is 9.66. The lowest BCUT2D eigenvalue weighted by atomic mass is 10.4. The molecule has 3 heteroatoms. The highest BCUT2D eigenvalue weighted by atomic mass is 16.6. The van der Waals surface area contributed by atoms with E-state index in [1.54, 1.807) is 13.0 Å². The summed E-state index contributed by atoms with van der Waals surface area (Å²) in [6, 6.07) is 0. The summed E-state index contributed by atoms with van der Waals surface area (Å²) in [5.41, 5.74) is 2.69. The van der Waals surface area contributed by atoms with E-state index in [0.29, 0.717) is 0 Å².